The van der Waals surface area contributed by atoms with E-state index in [9.17, 15) is 14.4 Å². The van der Waals surface area contributed by atoms with Gasteiger partial charge in [-0.1, -0.05) is 12.2 Å². The van der Waals surface area contributed by atoms with Gasteiger partial charge in [0.05, 0.1) is 6.54 Å². The molecule has 88 valence electrons. The van der Waals surface area contributed by atoms with E-state index in [1.54, 1.807) is 19.9 Å². The predicted octanol–water partition coefficient (Wildman–Crippen LogP) is 0.667. The molecule has 0 aliphatic rings. The summed E-state index contributed by atoms with van der Waals surface area (Å²) in [4.78, 5) is 33.6. The molecule has 0 unspecified atom stereocenters. The lowest BCUT2D eigenvalue weighted by Crippen LogP contribution is -2.31. The molecule has 0 atom stereocenters. The molecule has 0 saturated heterocycles. The first-order valence-corrected chi connectivity index (χ1v) is 4.83. The van der Waals surface area contributed by atoms with Crippen LogP contribution in [0.25, 0.3) is 0 Å². The normalized spacial score (nSPS) is 10.6. The summed E-state index contributed by atoms with van der Waals surface area (Å²) in [7, 11) is 0. The Morgan fingerprint density at radius 1 is 1.19 bits per heavy atom. The molecule has 5 heteroatoms. The van der Waals surface area contributed by atoms with Crippen molar-refractivity contribution in [3.05, 3.63) is 24.3 Å². The number of hydrogen-bond donors (Lipinski definition) is 0. The monoisotopic (exact) mass is 225 g/mol. The van der Waals surface area contributed by atoms with Crippen LogP contribution >= 0.6 is 0 Å². The van der Waals surface area contributed by atoms with E-state index in [2.05, 4.69) is 0 Å². The van der Waals surface area contributed by atoms with E-state index in [4.69, 9.17) is 4.74 Å². The van der Waals surface area contributed by atoms with Crippen LogP contribution in [0, 0.1) is 0 Å². The number of allylic oxidation sites excluding steroid dienone is 2. The van der Waals surface area contributed by atoms with Gasteiger partial charge in [0.15, 0.2) is 0 Å². The summed E-state index contributed by atoms with van der Waals surface area (Å²) in [6, 6.07) is 0. The van der Waals surface area contributed by atoms with Crippen LogP contribution in [0.1, 0.15) is 13.8 Å². The van der Waals surface area contributed by atoms with Crippen molar-refractivity contribution in [1.82, 2.24) is 4.90 Å². The van der Waals surface area contributed by atoms with E-state index in [0.29, 0.717) is 6.41 Å². The number of nitrogens with zero attached hydrogens (tertiary/aromatic N) is 1. The number of carbonyl (C=O) groups excluding carboxylic acids is 3. The summed E-state index contributed by atoms with van der Waals surface area (Å²) in [6.45, 7) is 3.41. The molecular formula is C11H15NO4. The maximum atomic E-state index is 11.2. The maximum absolute atomic E-state index is 11.2. The Bertz CT molecular complexity index is 307. The van der Waals surface area contributed by atoms with Gasteiger partial charge >= 0.3 is 5.97 Å². The fraction of sp³-hybridized carbons (Fsp3) is 0.364. The van der Waals surface area contributed by atoms with Crippen LogP contribution in [0.5, 0.6) is 0 Å². The van der Waals surface area contributed by atoms with Crippen molar-refractivity contribution in [1.29, 1.82) is 0 Å². The van der Waals surface area contributed by atoms with Crippen molar-refractivity contribution >= 4 is 18.3 Å². The van der Waals surface area contributed by atoms with Crippen LogP contribution in [0.15, 0.2) is 24.3 Å². The van der Waals surface area contributed by atoms with Gasteiger partial charge in [-0.15, -0.1) is 0 Å². The Morgan fingerprint density at radius 3 is 2.31 bits per heavy atom. The predicted molar refractivity (Wildman–Crippen MR) is 58.4 cm³/mol. The highest BCUT2D eigenvalue weighted by Crippen LogP contribution is 1.90. The van der Waals surface area contributed by atoms with Crippen LogP contribution in [0.2, 0.25) is 0 Å². The molecule has 16 heavy (non-hydrogen) atoms. The van der Waals surface area contributed by atoms with Crippen molar-refractivity contribution in [2.45, 2.75) is 13.8 Å². The van der Waals surface area contributed by atoms with Gasteiger partial charge in [-0.05, 0) is 19.9 Å². The second-order valence-electron chi connectivity index (χ2n) is 2.80. The van der Waals surface area contributed by atoms with Crippen molar-refractivity contribution in [2.24, 2.45) is 0 Å². The van der Waals surface area contributed by atoms with Gasteiger partial charge in [-0.25, -0.2) is 4.79 Å². The van der Waals surface area contributed by atoms with Crippen molar-refractivity contribution < 1.29 is 19.1 Å². The molecule has 0 bridgehead atoms. The molecule has 0 heterocycles. The zero-order valence-electron chi connectivity index (χ0n) is 9.38. The first-order chi connectivity index (χ1) is 7.65. The molecule has 0 aliphatic heterocycles. The fourth-order valence-electron chi connectivity index (χ4n) is 0.882. The van der Waals surface area contributed by atoms with Crippen LogP contribution in [0.4, 0.5) is 0 Å². The highest BCUT2D eigenvalue weighted by atomic mass is 16.5. The molecule has 0 fully saturated rings. The number of imide groups is 1. The standard InChI is InChI=1S/C11H15NO4/c1-3-5-10(14)12(9-13)7-8-16-11(15)6-4-2/h3-6,9H,7-8H2,1-2H3/b5-3-,6-4+. The van der Waals surface area contributed by atoms with Crippen LogP contribution in [-0.2, 0) is 19.1 Å². The number of amides is 2. The molecule has 0 spiro atoms. The van der Waals surface area contributed by atoms with Crippen molar-refractivity contribution in [3.8, 4) is 0 Å². The maximum Gasteiger partial charge on any atom is 0.330 e. The smallest absolute Gasteiger partial charge is 0.330 e. The average molecular weight is 225 g/mol. The summed E-state index contributed by atoms with van der Waals surface area (Å²) in [5.41, 5.74) is 0. The number of rotatable bonds is 6. The quantitative estimate of drug-likeness (QED) is 0.378. The van der Waals surface area contributed by atoms with Crippen molar-refractivity contribution in [2.75, 3.05) is 13.2 Å². The van der Waals surface area contributed by atoms with Gasteiger partial charge in [-0.3, -0.25) is 14.5 Å². The molecule has 0 aliphatic carbocycles. The number of hydrogen-bond acceptors (Lipinski definition) is 4. The highest BCUT2D eigenvalue weighted by Gasteiger charge is 2.09. The fourth-order valence-corrected chi connectivity index (χ4v) is 0.882. The van der Waals surface area contributed by atoms with E-state index in [1.165, 1.54) is 18.2 Å². The molecular weight excluding hydrogens is 210 g/mol. The molecule has 0 rings (SSSR count). The number of ether oxygens (including phenoxy) is 1. The van der Waals surface area contributed by atoms with Crippen LogP contribution in [0.3, 0.4) is 0 Å². The van der Waals surface area contributed by atoms with Gasteiger partial charge in [0.2, 0.25) is 6.41 Å². The summed E-state index contributed by atoms with van der Waals surface area (Å²) < 4.78 is 4.74. The molecule has 0 aromatic carbocycles. The lowest BCUT2D eigenvalue weighted by molar-refractivity contribution is -0.142. The van der Waals surface area contributed by atoms with Gasteiger partial charge in [0.25, 0.3) is 5.91 Å². The minimum atomic E-state index is -0.494. The lowest BCUT2D eigenvalue weighted by atomic mass is 10.4. The van der Waals surface area contributed by atoms with Gasteiger partial charge in [0.1, 0.15) is 6.61 Å². The lowest BCUT2D eigenvalue weighted by Gasteiger charge is -2.12. The Morgan fingerprint density at radius 2 is 1.81 bits per heavy atom. The molecule has 5 nitrogen and oxygen atoms in total. The number of esters is 1. The third-order valence-electron chi connectivity index (χ3n) is 1.60. The average Bonchev–Trinajstić information content (AvgIpc) is 2.25. The SMILES string of the molecule is C/C=C\C(=O)N(C=O)CCOC(=O)/C=C/C. The Balaban J connectivity index is 4.01. The molecule has 0 aromatic rings. The Kier molecular flexibility index (Phi) is 7.40. The topological polar surface area (TPSA) is 63.7 Å². The van der Waals surface area contributed by atoms with E-state index >= 15 is 0 Å². The van der Waals surface area contributed by atoms with E-state index in [0.717, 1.165) is 4.90 Å². The van der Waals surface area contributed by atoms with E-state index < -0.39 is 11.9 Å². The molecule has 2 amide bonds. The summed E-state index contributed by atoms with van der Waals surface area (Å²) >= 11 is 0. The Hall–Kier alpha value is -1.91. The number of carbonyl (C=O) groups is 3. The summed E-state index contributed by atoms with van der Waals surface area (Å²) in [6.07, 6.45) is 6.02. The molecule has 0 radical (unpaired) electrons. The highest BCUT2D eigenvalue weighted by molar-refractivity contribution is 5.94. The zero-order valence-corrected chi connectivity index (χ0v) is 9.38. The first kappa shape index (κ1) is 14.1. The minimum absolute atomic E-state index is 0.00872. The summed E-state index contributed by atoms with van der Waals surface area (Å²) in [5, 5.41) is 0. The largest absolute Gasteiger partial charge is 0.461 e. The zero-order chi connectivity index (χ0) is 12.4. The minimum Gasteiger partial charge on any atom is -0.461 e. The van der Waals surface area contributed by atoms with Crippen LogP contribution in [-0.4, -0.2) is 36.3 Å². The second kappa shape index (κ2) is 8.40. The molecule has 0 N–H and O–H groups in total. The van der Waals surface area contributed by atoms with Crippen LogP contribution < -0.4 is 0 Å². The van der Waals surface area contributed by atoms with Gasteiger partial charge in [-0.2, -0.15) is 0 Å². The van der Waals surface area contributed by atoms with E-state index in [-0.39, 0.29) is 13.2 Å². The third kappa shape index (κ3) is 5.74. The van der Waals surface area contributed by atoms with Gasteiger partial charge in [0, 0.05) is 6.08 Å². The van der Waals surface area contributed by atoms with Crippen molar-refractivity contribution in [3.63, 3.8) is 0 Å². The first-order valence-electron chi connectivity index (χ1n) is 4.83. The molecule has 0 saturated carbocycles. The van der Waals surface area contributed by atoms with E-state index in [1.807, 2.05) is 0 Å². The third-order valence-corrected chi connectivity index (χ3v) is 1.60. The van der Waals surface area contributed by atoms with Gasteiger partial charge < -0.3 is 4.74 Å². The molecule has 0 aromatic heterocycles. The second-order valence-corrected chi connectivity index (χ2v) is 2.80. The Labute approximate surface area is 94.4 Å². The summed E-state index contributed by atoms with van der Waals surface area (Å²) in [5.74, 6) is -0.925.